The molecule has 1 heterocycles. The van der Waals surface area contributed by atoms with Gasteiger partial charge in [0.1, 0.15) is 0 Å². The van der Waals surface area contributed by atoms with Crippen molar-refractivity contribution in [3.8, 4) is 5.88 Å². The molecular formula is C18H24N2O. The van der Waals surface area contributed by atoms with Crippen molar-refractivity contribution in [2.24, 2.45) is 0 Å². The molecule has 0 unspecified atom stereocenters. The molecule has 0 saturated heterocycles. The topological polar surface area (TPSA) is 48.1 Å². The number of benzene rings is 1. The van der Waals surface area contributed by atoms with Crippen LogP contribution in [0.25, 0.3) is 0 Å². The standard InChI is InChI=1S/C18H24N2O/c1-11(2)16-8-14(10-20-18(16)21-5)9-17-12(3)6-15(19)7-13(17)4/h6-8,10-11H,9,19H2,1-5H3. The zero-order valence-corrected chi connectivity index (χ0v) is 13.5. The van der Waals surface area contributed by atoms with E-state index in [0.29, 0.717) is 5.92 Å². The fourth-order valence-corrected chi connectivity index (χ4v) is 2.71. The van der Waals surface area contributed by atoms with Gasteiger partial charge in [-0.2, -0.15) is 0 Å². The highest BCUT2D eigenvalue weighted by molar-refractivity contribution is 5.50. The van der Waals surface area contributed by atoms with E-state index < -0.39 is 0 Å². The second kappa shape index (κ2) is 6.17. The summed E-state index contributed by atoms with van der Waals surface area (Å²) in [5.41, 5.74) is 12.9. The van der Waals surface area contributed by atoms with E-state index in [1.54, 1.807) is 7.11 Å². The molecule has 0 amide bonds. The van der Waals surface area contributed by atoms with Gasteiger partial charge in [-0.15, -0.1) is 0 Å². The third-order valence-electron chi connectivity index (χ3n) is 3.85. The minimum absolute atomic E-state index is 0.390. The van der Waals surface area contributed by atoms with Crippen LogP contribution in [0.1, 0.15) is 47.6 Å². The molecule has 2 N–H and O–H groups in total. The number of nitrogens with zero attached hydrogens (tertiary/aromatic N) is 1. The number of nitrogen functional groups attached to an aromatic ring is 1. The Morgan fingerprint density at radius 1 is 1.14 bits per heavy atom. The Balaban J connectivity index is 2.39. The number of methoxy groups -OCH3 is 1. The molecule has 0 aliphatic carbocycles. The van der Waals surface area contributed by atoms with Crippen LogP contribution in [0, 0.1) is 13.8 Å². The Morgan fingerprint density at radius 3 is 2.29 bits per heavy atom. The van der Waals surface area contributed by atoms with E-state index in [1.165, 1.54) is 22.3 Å². The van der Waals surface area contributed by atoms with Gasteiger partial charge in [-0.1, -0.05) is 13.8 Å². The molecule has 3 nitrogen and oxygen atoms in total. The first kappa shape index (κ1) is 15.4. The van der Waals surface area contributed by atoms with Gasteiger partial charge in [0.25, 0.3) is 0 Å². The number of anilines is 1. The Hall–Kier alpha value is -2.03. The largest absolute Gasteiger partial charge is 0.481 e. The lowest BCUT2D eigenvalue weighted by Crippen LogP contribution is -2.02. The highest BCUT2D eigenvalue weighted by atomic mass is 16.5. The van der Waals surface area contributed by atoms with Crippen molar-refractivity contribution in [2.45, 2.75) is 40.0 Å². The number of pyridine rings is 1. The van der Waals surface area contributed by atoms with E-state index in [4.69, 9.17) is 10.5 Å². The fourth-order valence-electron chi connectivity index (χ4n) is 2.71. The van der Waals surface area contributed by atoms with Crippen LogP contribution in [0.3, 0.4) is 0 Å². The molecule has 0 atom stereocenters. The highest BCUT2D eigenvalue weighted by Crippen LogP contribution is 2.27. The molecule has 0 saturated carbocycles. The number of aromatic nitrogens is 1. The van der Waals surface area contributed by atoms with Gasteiger partial charge in [-0.25, -0.2) is 4.98 Å². The molecular weight excluding hydrogens is 260 g/mol. The number of aryl methyl sites for hydroxylation is 2. The Kier molecular flexibility index (Phi) is 4.51. The van der Waals surface area contributed by atoms with Crippen LogP contribution in [-0.2, 0) is 6.42 Å². The first-order valence-electron chi connectivity index (χ1n) is 7.30. The molecule has 1 aromatic carbocycles. The lowest BCUT2D eigenvalue weighted by atomic mass is 9.94. The number of hydrogen-bond donors (Lipinski definition) is 1. The molecule has 0 spiro atoms. The molecule has 0 fully saturated rings. The van der Waals surface area contributed by atoms with Gasteiger partial charge in [-0.3, -0.25) is 0 Å². The summed E-state index contributed by atoms with van der Waals surface area (Å²) in [5.74, 6) is 1.11. The number of hydrogen-bond acceptors (Lipinski definition) is 3. The van der Waals surface area contributed by atoms with Crippen LogP contribution >= 0.6 is 0 Å². The normalized spacial score (nSPS) is 11.0. The van der Waals surface area contributed by atoms with Crippen LogP contribution in [0.4, 0.5) is 5.69 Å². The van der Waals surface area contributed by atoms with Gasteiger partial charge >= 0.3 is 0 Å². The van der Waals surface area contributed by atoms with Gasteiger partial charge in [0.15, 0.2) is 0 Å². The van der Waals surface area contributed by atoms with Gasteiger partial charge in [-0.05, 0) is 66.6 Å². The average molecular weight is 284 g/mol. The first-order chi connectivity index (χ1) is 9.92. The smallest absolute Gasteiger partial charge is 0.216 e. The van der Waals surface area contributed by atoms with Crippen LogP contribution in [0.15, 0.2) is 24.4 Å². The highest BCUT2D eigenvalue weighted by Gasteiger charge is 2.12. The van der Waals surface area contributed by atoms with Crippen LogP contribution in [0.5, 0.6) is 5.88 Å². The van der Waals surface area contributed by atoms with Crippen molar-refractivity contribution in [1.82, 2.24) is 4.98 Å². The molecule has 21 heavy (non-hydrogen) atoms. The number of nitrogens with two attached hydrogens (primary N) is 1. The van der Waals surface area contributed by atoms with E-state index >= 15 is 0 Å². The molecule has 0 aliphatic heterocycles. The molecule has 0 bridgehead atoms. The SMILES string of the molecule is COc1ncc(Cc2c(C)cc(N)cc2C)cc1C(C)C. The molecule has 0 radical (unpaired) electrons. The maximum Gasteiger partial charge on any atom is 0.216 e. The summed E-state index contributed by atoms with van der Waals surface area (Å²) in [4.78, 5) is 4.44. The predicted molar refractivity (Wildman–Crippen MR) is 88.0 cm³/mol. The van der Waals surface area contributed by atoms with Crippen molar-refractivity contribution in [3.05, 3.63) is 52.2 Å². The molecule has 2 rings (SSSR count). The number of rotatable bonds is 4. The summed E-state index contributed by atoms with van der Waals surface area (Å²) in [6.45, 7) is 8.53. The molecule has 3 heteroatoms. The average Bonchev–Trinajstić information content (AvgIpc) is 2.42. The zero-order chi connectivity index (χ0) is 15.6. The second-order valence-electron chi connectivity index (χ2n) is 5.91. The zero-order valence-electron chi connectivity index (χ0n) is 13.5. The summed E-state index contributed by atoms with van der Waals surface area (Å²) in [5, 5.41) is 0. The van der Waals surface area contributed by atoms with Crippen LogP contribution in [-0.4, -0.2) is 12.1 Å². The van der Waals surface area contributed by atoms with Crippen LogP contribution in [0.2, 0.25) is 0 Å². The monoisotopic (exact) mass is 284 g/mol. The molecule has 1 aromatic heterocycles. The lowest BCUT2D eigenvalue weighted by molar-refractivity contribution is 0.390. The van der Waals surface area contributed by atoms with Gasteiger partial charge < -0.3 is 10.5 Å². The summed E-state index contributed by atoms with van der Waals surface area (Å²) in [6.07, 6.45) is 2.77. The number of ether oxygens (including phenoxy) is 1. The molecule has 0 aliphatic rings. The minimum Gasteiger partial charge on any atom is -0.481 e. The van der Waals surface area contributed by atoms with Gasteiger partial charge in [0.05, 0.1) is 7.11 Å². The summed E-state index contributed by atoms with van der Waals surface area (Å²) >= 11 is 0. The maximum atomic E-state index is 5.89. The Bertz CT molecular complexity index is 625. The van der Waals surface area contributed by atoms with Crippen LogP contribution < -0.4 is 10.5 Å². The molecule has 112 valence electrons. The quantitative estimate of drug-likeness (QED) is 0.863. The van der Waals surface area contributed by atoms with E-state index in [9.17, 15) is 0 Å². The third-order valence-corrected chi connectivity index (χ3v) is 3.85. The lowest BCUT2D eigenvalue weighted by Gasteiger charge is -2.15. The third kappa shape index (κ3) is 3.35. The molecule has 2 aromatic rings. The Morgan fingerprint density at radius 2 is 1.76 bits per heavy atom. The summed E-state index contributed by atoms with van der Waals surface area (Å²) in [7, 11) is 1.67. The summed E-state index contributed by atoms with van der Waals surface area (Å²) in [6, 6.07) is 6.26. The van der Waals surface area contributed by atoms with Crippen molar-refractivity contribution in [2.75, 3.05) is 12.8 Å². The van der Waals surface area contributed by atoms with E-state index in [1.807, 2.05) is 18.3 Å². The van der Waals surface area contributed by atoms with Crippen molar-refractivity contribution >= 4 is 5.69 Å². The van der Waals surface area contributed by atoms with Crippen molar-refractivity contribution in [1.29, 1.82) is 0 Å². The van der Waals surface area contributed by atoms with Gasteiger partial charge in [0, 0.05) is 17.4 Å². The second-order valence-corrected chi connectivity index (χ2v) is 5.91. The van der Waals surface area contributed by atoms with E-state index in [0.717, 1.165) is 23.6 Å². The Labute approximate surface area is 127 Å². The maximum absolute atomic E-state index is 5.89. The fraction of sp³-hybridized carbons (Fsp3) is 0.389. The predicted octanol–water partition coefficient (Wildman–Crippen LogP) is 4.00. The summed E-state index contributed by atoms with van der Waals surface area (Å²) < 4.78 is 5.35. The van der Waals surface area contributed by atoms with Gasteiger partial charge in [0.2, 0.25) is 5.88 Å². The van der Waals surface area contributed by atoms with Crippen molar-refractivity contribution in [3.63, 3.8) is 0 Å². The van der Waals surface area contributed by atoms with E-state index in [-0.39, 0.29) is 0 Å². The van der Waals surface area contributed by atoms with E-state index in [2.05, 4.69) is 38.7 Å². The van der Waals surface area contributed by atoms with Crippen molar-refractivity contribution < 1.29 is 4.74 Å². The minimum atomic E-state index is 0.390. The first-order valence-corrected chi connectivity index (χ1v) is 7.30.